The average Bonchev–Trinajstić information content (AvgIpc) is 2.18. The molecule has 0 amide bonds. The molecule has 0 saturated carbocycles. The topological polar surface area (TPSA) is 49.7 Å². The fourth-order valence-electron chi connectivity index (χ4n) is 1.35. The molecule has 3 nitrogen and oxygen atoms in total. The SMILES string of the molecule is COCc1c(Cl)cc(B(O)O)cc1C(F)(F)F. The largest absolute Gasteiger partial charge is 0.488 e. The van der Waals surface area contributed by atoms with Crippen molar-refractivity contribution in [2.45, 2.75) is 12.8 Å². The first-order valence-electron chi connectivity index (χ1n) is 4.52. The molecule has 0 radical (unpaired) electrons. The zero-order valence-corrected chi connectivity index (χ0v) is 9.51. The van der Waals surface area contributed by atoms with Gasteiger partial charge in [0, 0.05) is 17.7 Å². The van der Waals surface area contributed by atoms with E-state index in [1.54, 1.807) is 0 Å². The van der Waals surface area contributed by atoms with Crippen molar-refractivity contribution >= 4 is 24.2 Å². The standard InChI is InChI=1S/C9H9BClF3O3/c1-17-4-6-7(9(12,13)14)2-5(10(15)16)3-8(6)11/h2-3,15-16H,4H2,1H3. The number of ether oxygens (including phenoxy) is 1. The van der Waals surface area contributed by atoms with Gasteiger partial charge in [0.15, 0.2) is 0 Å². The predicted octanol–water partition coefficient (Wildman–Crippen LogP) is 1.19. The maximum absolute atomic E-state index is 12.7. The fourth-order valence-corrected chi connectivity index (χ4v) is 1.63. The van der Waals surface area contributed by atoms with Crippen LogP contribution in [0.4, 0.5) is 13.2 Å². The highest BCUT2D eigenvalue weighted by Gasteiger charge is 2.35. The van der Waals surface area contributed by atoms with E-state index in [1.165, 1.54) is 7.11 Å². The number of hydrogen-bond acceptors (Lipinski definition) is 3. The van der Waals surface area contributed by atoms with Gasteiger partial charge in [-0.15, -0.1) is 0 Å². The summed E-state index contributed by atoms with van der Waals surface area (Å²) in [7, 11) is -0.768. The molecule has 0 fully saturated rings. The zero-order valence-electron chi connectivity index (χ0n) is 8.75. The van der Waals surface area contributed by atoms with Crippen LogP contribution in [0.3, 0.4) is 0 Å². The van der Waals surface area contributed by atoms with Gasteiger partial charge in [-0.25, -0.2) is 0 Å². The number of benzene rings is 1. The van der Waals surface area contributed by atoms with E-state index in [1.807, 2.05) is 0 Å². The van der Waals surface area contributed by atoms with Gasteiger partial charge in [-0.3, -0.25) is 0 Å². The van der Waals surface area contributed by atoms with Gasteiger partial charge >= 0.3 is 13.3 Å². The van der Waals surface area contributed by atoms with E-state index in [0.717, 1.165) is 6.07 Å². The lowest BCUT2D eigenvalue weighted by molar-refractivity contribution is -0.138. The van der Waals surface area contributed by atoms with E-state index >= 15 is 0 Å². The first kappa shape index (κ1) is 14.3. The molecule has 2 N–H and O–H groups in total. The van der Waals surface area contributed by atoms with Gasteiger partial charge < -0.3 is 14.8 Å². The highest BCUT2D eigenvalue weighted by atomic mass is 35.5. The Labute approximate surface area is 101 Å². The third-order valence-electron chi connectivity index (χ3n) is 2.11. The summed E-state index contributed by atoms with van der Waals surface area (Å²) in [5.41, 5.74) is -1.58. The molecule has 0 aliphatic heterocycles. The number of halogens is 4. The van der Waals surface area contributed by atoms with E-state index in [2.05, 4.69) is 4.74 Å². The Morgan fingerprint density at radius 3 is 2.35 bits per heavy atom. The lowest BCUT2D eigenvalue weighted by atomic mass is 9.78. The Balaban J connectivity index is 3.39. The monoisotopic (exact) mass is 268 g/mol. The Hall–Kier alpha value is -0.755. The molecule has 94 valence electrons. The van der Waals surface area contributed by atoms with Gasteiger partial charge in [-0.05, 0) is 17.6 Å². The molecular formula is C9H9BClF3O3. The molecule has 1 aromatic carbocycles. The number of alkyl halides is 3. The first-order valence-corrected chi connectivity index (χ1v) is 4.89. The van der Waals surface area contributed by atoms with Crippen LogP contribution >= 0.6 is 11.6 Å². The molecule has 1 rings (SSSR count). The van der Waals surface area contributed by atoms with Crippen LogP contribution in [0.2, 0.25) is 5.02 Å². The quantitative estimate of drug-likeness (QED) is 0.810. The highest BCUT2D eigenvalue weighted by Crippen LogP contribution is 2.34. The molecule has 1 aromatic rings. The predicted molar refractivity (Wildman–Crippen MR) is 57.0 cm³/mol. The molecule has 0 aliphatic rings. The summed E-state index contributed by atoms with van der Waals surface area (Å²) in [5.74, 6) is 0. The van der Waals surface area contributed by atoms with Crippen molar-refractivity contribution in [1.29, 1.82) is 0 Å². The van der Waals surface area contributed by atoms with Crippen LogP contribution in [-0.2, 0) is 17.5 Å². The Morgan fingerprint density at radius 2 is 1.94 bits per heavy atom. The van der Waals surface area contributed by atoms with Crippen molar-refractivity contribution in [2.75, 3.05) is 7.11 Å². The molecule has 0 bridgehead atoms. The molecule has 0 spiro atoms. The molecule has 0 aliphatic carbocycles. The van der Waals surface area contributed by atoms with Crippen molar-refractivity contribution in [3.05, 3.63) is 28.3 Å². The van der Waals surface area contributed by atoms with E-state index in [0.29, 0.717) is 6.07 Å². The summed E-state index contributed by atoms with van der Waals surface area (Å²) in [6.07, 6.45) is -4.64. The summed E-state index contributed by atoms with van der Waals surface area (Å²) in [4.78, 5) is 0. The van der Waals surface area contributed by atoms with Gasteiger partial charge in [0.05, 0.1) is 12.2 Å². The molecule has 0 heterocycles. The smallest absolute Gasteiger partial charge is 0.423 e. The van der Waals surface area contributed by atoms with E-state index < -0.39 is 18.9 Å². The zero-order chi connectivity index (χ0) is 13.2. The maximum Gasteiger partial charge on any atom is 0.488 e. The van der Waals surface area contributed by atoms with Crippen LogP contribution in [0.1, 0.15) is 11.1 Å². The first-order chi connectivity index (χ1) is 7.77. The summed E-state index contributed by atoms with van der Waals surface area (Å²) in [6.45, 7) is -0.310. The van der Waals surface area contributed by atoms with Crippen LogP contribution in [0, 0.1) is 0 Å². The number of methoxy groups -OCH3 is 1. The molecule has 17 heavy (non-hydrogen) atoms. The van der Waals surface area contributed by atoms with Gasteiger partial charge in [-0.1, -0.05) is 11.6 Å². The highest BCUT2D eigenvalue weighted by molar-refractivity contribution is 6.59. The second kappa shape index (κ2) is 5.26. The minimum atomic E-state index is -4.64. The number of hydrogen-bond donors (Lipinski definition) is 2. The summed E-state index contributed by atoms with van der Waals surface area (Å²) >= 11 is 5.66. The molecule has 0 saturated heterocycles. The second-order valence-electron chi connectivity index (χ2n) is 3.33. The molecule has 0 aromatic heterocycles. The van der Waals surface area contributed by atoms with Crippen LogP contribution < -0.4 is 5.46 Å². The minimum absolute atomic E-state index is 0.218. The normalized spacial score (nSPS) is 11.7. The third kappa shape index (κ3) is 3.35. The maximum atomic E-state index is 12.7. The van der Waals surface area contributed by atoms with Crippen molar-refractivity contribution in [1.82, 2.24) is 0 Å². The van der Waals surface area contributed by atoms with E-state index in [9.17, 15) is 13.2 Å². The van der Waals surface area contributed by atoms with Crippen molar-refractivity contribution in [3.63, 3.8) is 0 Å². The molecule has 0 unspecified atom stereocenters. The number of rotatable bonds is 3. The van der Waals surface area contributed by atoms with Gasteiger partial charge in [0.25, 0.3) is 0 Å². The second-order valence-corrected chi connectivity index (χ2v) is 3.74. The summed E-state index contributed by atoms with van der Waals surface area (Å²) < 4.78 is 42.8. The Bertz CT molecular complexity index is 409. The molecule has 0 atom stereocenters. The van der Waals surface area contributed by atoms with Gasteiger partial charge in [0.2, 0.25) is 0 Å². The van der Waals surface area contributed by atoms with Crippen molar-refractivity contribution in [2.24, 2.45) is 0 Å². The average molecular weight is 268 g/mol. The Morgan fingerprint density at radius 1 is 1.35 bits per heavy atom. The van der Waals surface area contributed by atoms with Crippen molar-refractivity contribution in [3.8, 4) is 0 Å². The lowest BCUT2D eigenvalue weighted by Crippen LogP contribution is -2.31. The van der Waals surface area contributed by atoms with Gasteiger partial charge in [0.1, 0.15) is 0 Å². The van der Waals surface area contributed by atoms with Crippen molar-refractivity contribution < 1.29 is 28.0 Å². The molecular weight excluding hydrogens is 259 g/mol. The lowest BCUT2D eigenvalue weighted by Gasteiger charge is -2.15. The minimum Gasteiger partial charge on any atom is -0.423 e. The Kier molecular flexibility index (Phi) is 4.43. The van der Waals surface area contributed by atoms with Gasteiger partial charge in [-0.2, -0.15) is 13.2 Å². The van der Waals surface area contributed by atoms with Crippen LogP contribution in [0.5, 0.6) is 0 Å². The van der Waals surface area contributed by atoms with E-state index in [4.69, 9.17) is 21.6 Å². The van der Waals surface area contributed by atoms with Crippen LogP contribution in [-0.4, -0.2) is 24.3 Å². The van der Waals surface area contributed by atoms with Crippen LogP contribution in [0.25, 0.3) is 0 Å². The summed E-state index contributed by atoms with van der Waals surface area (Å²) in [6, 6.07) is 1.71. The van der Waals surface area contributed by atoms with E-state index in [-0.39, 0.29) is 22.7 Å². The summed E-state index contributed by atoms with van der Waals surface area (Å²) in [5, 5.41) is 17.5. The molecule has 8 heteroatoms. The third-order valence-corrected chi connectivity index (χ3v) is 2.45. The van der Waals surface area contributed by atoms with Crippen LogP contribution in [0.15, 0.2) is 12.1 Å². The fraction of sp³-hybridized carbons (Fsp3) is 0.333.